The summed E-state index contributed by atoms with van der Waals surface area (Å²) in [6.07, 6.45) is 0. The van der Waals surface area contributed by atoms with Crippen LogP contribution in [0.5, 0.6) is 0 Å². The van der Waals surface area contributed by atoms with Crippen LogP contribution >= 0.6 is 11.3 Å². The molecular formula is C14H17N3OS. The summed E-state index contributed by atoms with van der Waals surface area (Å²) < 4.78 is 0. The van der Waals surface area contributed by atoms with Crippen molar-refractivity contribution < 1.29 is 4.79 Å². The molecule has 2 rings (SSSR count). The number of anilines is 1. The van der Waals surface area contributed by atoms with E-state index in [1.807, 2.05) is 39.0 Å². The standard InChI is InChI=1S/C14H17N3OS/c1-8-4-5-9(2)11(6-8)16-13(18)12-7-19-14(17-12)10(3)15/h4-7,10H,15H2,1-3H3,(H,16,18). The highest BCUT2D eigenvalue weighted by Crippen LogP contribution is 2.19. The van der Waals surface area contributed by atoms with E-state index in [-0.39, 0.29) is 11.9 Å². The lowest BCUT2D eigenvalue weighted by molar-refractivity contribution is 0.102. The monoisotopic (exact) mass is 275 g/mol. The normalized spacial score (nSPS) is 12.2. The van der Waals surface area contributed by atoms with Gasteiger partial charge in [-0.25, -0.2) is 4.98 Å². The molecule has 0 aliphatic heterocycles. The lowest BCUT2D eigenvalue weighted by atomic mass is 10.1. The summed E-state index contributed by atoms with van der Waals surface area (Å²) in [6.45, 7) is 5.81. The van der Waals surface area contributed by atoms with E-state index in [4.69, 9.17) is 5.73 Å². The van der Waals surface area contributed by atoms with Crippen molar-refractivity contribution in [2.24, 2.45) is 5.73 Å². The molecule has 0 fully saturated rings. The summed E-state index contributed by atoms with van der Waals surface area (Å²) >= 11 is 1.41. The molecule has 1 atom stereocenters. The van der Waals surface area contributed by atoms with Gasteiger partial charge in [0.25, 0.3) is 5.91 Å². The SMILES string of the molecule is Cc1ccc(C)c(NC(=O)c2csc(C(C)N)n2)c1. The molecular weight excluding hydrogens is 258 g/mol. The fourth-order valence-electron chi connectivity index (χ4n) is 1.66. The van der Waals surface area contributed by atoms with Gasteiger partial charge in [-0.15, -0.1) is 11.3 Å². The number of amides is 1. The largest absolute Gasteiger partial charge is 0.322 e. The third-order valence-electron chi connectivity index (χ3n) is 2.79. The minimum Gasteiger partial charge on any atom is -0.322 e. The average Bonchev–Trinajstić information content (AvgIpc) is 2.83. The molecule has 0 bridgehead atoms. The topological polar surface area (TPSA) is 68.0 Å². The molecule has 1 unspecified atom stereocenters. The molecule has 4 nitrogen and oxygen atoms in total. The zero-order valence-electron chi connectivity index (χ0n) is 11.2. The van der Waals surface area contributed by atoms with Gasteiger partial charge in [0, 0.05) is 11.1 Å². The lowest BCUT2D eigenvalue weighted by Gasteiger charge is -2.08. The number of hydrogen-bond acceptors (Lipinski definition) is 4. The van der Waals surface area contributed by atoms with Crippen molar-refractivity contribution in [3.63, 3.8) is 0 Å². The van der Waals surface area contributed by atoms with Crippen LogP contribution in [-0.4, -0.2) is 10.9 Å². The van der Waals surface area contributed by atoms with Crippen LogP contribution in [0.15, 0.2) is 23.6 Å². The molecule has 2 aromatic rings. The van der Waals surface area contributed by atoms with Crippen molar-refractivity contribution in [2.45, 2.75) is 26.8 Å². The van der Waals surface area contributed by atoms with Gasteiger partial charge in [0.2, 0.25) is 0 Å². The molecule has 0 aliphatic rings. The number of hydrogen-bond donors (Lipinski definition) is 2. The lowest BCUT2D eigenvalue weighted by Crippen LogP contribution is -2.14. The minimum absolute atomic E-state index is 0.146. The molecule has 3 N–H and O–H groups in total. The number of aryl methyl sites for hydroxylation is 2. The van der Waals surface area contributed by atoms with Crippen LogP contribution in [0.3, 0.4) is 0 Å². The van der Waals surface area contributed by atoms with Crippen LogP contribution < -0.4 is 11.1 Å². The Labute approximate surface area is 116 Å². The smallest absolute Gasteiger partial charge is 0.275 e. The zero-order chi connectivity index (χ0) is 14.0. The van der Waals surface area contributed by atoms with E-state index in [1.165, 1.54) is 11.3 Å². The van der Waals surface area contributed by atoms with Gasteiger partial charge >= 0.3 is 0 Å². The fraction of sp³-hybridized carbons (Fsp3) is 0.286. The van der Waals surface area contributed by atoms with Crippen LogP contribution in [0.1, 0.15) is 39.6 Å². The highest BCUT2D eigenvalue weighted by molar-refractivity contribution is 7.09. The second-order valence-corrected chi connectivity index (χ2v) is 5.52. The maximum Gasteiger partial charge on any atom is 0.275 e. The van der Waals surface area contributed by atoms with Gasteiger partial charge in [-0.3, -0.25) is 4.79 Å². The maximum atomic E-state index is 12.1. The predicted molar refractivity (Wildman–Crippen MR) is 78.6 cm³/mol. The average molecular weight is 275 g/mol. The van der Waals surface area contributed by atoms with Crippen molar-refractivity contribution in [1.82, 2.24) is 4.98 Å². The van der Waals surface area contributed by atoms with E-state index in [9.17, 15) is 4.79 Å². The van der Waals surface area contributed by atoms with E-state index in [0.29, 0.717) is 5.69 Å². The third-order valence-corrected chi connectivity index (χ3v) is 3.83. The van der Waals surface area contributed by atoms with Crippen LogP contribution in [0.25, 0.3) is 0 Å². The molecule has 0 aliphatic carbocycles. The van der Waals surface area contributed by atoms with Gasteiger partial charge in [-0.05, 0) is 38.0 Å². The number of nitrogens with zero attached hydrogens (tertiary/aromatic N) is 1. The molecule has 1 heterocycles. The van der Waals surface area contributed by atoms with Crippen LogP contribution in [0, 0.1) is 13.8 Å². The number of nitrogens with one attached hydrogen (secondary N) is 1. The maximum absolute atomic E-state index is 12.1. The molecule has 0 saturated carbocycles. The molecule has 1 aromatic carbocycles. The van der Waals surface area contributed by atoms with Crippen molar-refractivity contribution in [1.29, 1.82) is 0 Å². The van der Waals surface area contributed by atoms with E-state index in [1.54, 1.807) is 5.38 Å². The molecule has 0 radical (unpaired) electrons. The van der Waals surface area contributed by atoms with Crippen molar-refractivity contribution in [3.8, 4) is 0 Å². The Kier molecular flexibility index (Phi) is 3.97. The Balaban J connectivity index is 2.18. The Morgan fingerprint density at radius 1 is 1.42 bits per heavy atom. The number of thiazole rings is 1. The molecule has 0 spiro atoms. The predicted octanol–water partition coefficient (Wildman–Crippen LogP) is 3.03. The first-order valence-electron chi connectivity index (χ1n) is 6.07. The number of aromatic nitrogens is 1. The third kappa shape index (κ3) is 3.19. The summed E-state index contributed by atoms with van der Waals surface area (Å²) in [5, 5.41) is 5.39. The van der Waals surface area contributed by atoms with Gasteiger partial charge in [0.1, 0.15) is 10.7 Å². The van der Waals surface area contributed by atoms with Gasteiger partial charge in [-0.1, -0.05) is 12.1 Å². The van der Waals surface area contributed by atoms with Crippen molar-refractivity contribution >= 4 is 22.9 Å². The number of rotatable bonds is 3. The summed E-state index contributed by atoms with van der Waals surface area (Å²) in [5.41, 5.74) is 9.11. The number of carbonyl (C=O) groups excluding carboxylic acids is 1. The van der Waals surface area contributed by atoms with E-state index in [2.05, 4.69) is 10.3 Å². The summed E-state index contributed by atoms with van der Waals surface area (Å²) in [7, 11) is 0. The zero-order valence-corrected chi connectivity index (χ0v) is 12.0. The fourth-order valence-corrected chi connectivity index (χ4v) is 2.42. The number of benzene rings is 1. The minimum atomic E-state index is -0.197. The van der Waals surface area contributed by atoms with Gasteiger partial charge < -0.3 is 11.1 Å². The summed E-state index contributed by atoms with van der Waals surface area (Å²) in [4.78, 5) is 16.3. The molecule has 1 amide bonds. The number of carbonyl (C=O) groups is 1. The molecule has 5 heteroatoms. The van der Waals surface area contributed by atoms with Gasteiger partial charge in [0.05, 0.1) is 6.04 Å². The van der Waals surface area contributed by atoms with Gasteiger partial charge in [0.15, 0.2) is 0 Å². The van der Waals surface area contributed by atoms with Crippen molar-refractivity contribution in [2.75, 3.05) is 5.32 Å². The Morgan fingerprint density at radius 2 is 2.16 bits per heavy atom. The molecule has 19 heavy (non-hydrogen) atoms. The second-order valence-electron chi connectivity index (χ2n) is 4.63. The highest BCUT2D eigenvalue weighted by atomic mass is 32.1. The number of nitrogens with two attached hydrogens (primary N) is 1. The molecule has 1 aromatic heterocycles. The first-order chi connectivity index (χ1) is 8.97. The van der Waals surface area contributed by atoms with Crippen LogP contribution in [0.2, 0.25) is 0 Å². The Hall–Kier alpha value is -1.72. The van der Waals surface area contributed by atoms with Crippen LogP contribution in [0.4, 0.5) is 5.69 Å². The Bertz CT molecular complexity index is 604. The molecule has 100 valence electrons. The summed E-state index contributed by atoms with van der Waals surface area (Å²) in [6, 6.07) is 5.81. The second kappa shape index (κ2) is 5.50. The van der Waals surface area contributed by atoms with Crippen molar-refractivity contribution in [3.05, 3.63) is 45.4 Å². The van der Waals surface area contributed by atoms with E-state index < -0.39 is 0 Å². The quantitative estimate of drug-likeness (QED) is 0.904. The van der Waals surface area contributed by atoms with E-state index in [0.717, 1.165) is 21.8 Å². The highest BCUT2D eigenvalue weighted by Gasteiger charge is 2.13. The van der Waals surface area contributed by atoms with Gasteiger partial charge in [-0.2, -0.15) is 0 Å². The summed E-state index contributed by atoms with van der Waals surface area (Å²) in [5.74, 6) is -0.197. The molecule has 0 saturated heterocycles. The first kappa shape index (κ1) is 13.7. The van der Waals surface area contributed by atoms with E-state index >= 15 is 0 Å². The Morgan fingerprint density at radius 3 is 2.79 bits per heavy atom. The first-order valence-corrected chi connectivity index (χ1v) is 6.95. The van der Waals surface area contributed by atoms with Crippen LogP contribution in [-0.2, 0) is 0 Å².